The average Bonchev–Trinajstić information content (AvgIpc) is 2.12. The molecule has 0 atom stereocenters. The van der Waals surface area contributed by atoms with Gasteiger partial charge in [0.2, 0.25) is 0 Å². The minimum atomic E-state index is 0.216. The standard InChI is InChI=1S/C5H5.2CH3.Co/c1-2-4-5-3-1;;;/h1-3H,4H2;2*1H3;. The fourth-order valence-electron chi connectivity index (χ4n) is 0.659. The molecule has 0 saturated carbocycles. The van der Waals surface area contributed by atoms with Gasteiger partial charge < -0.3 is 0 Å². The van der Waals surface area contributed by atoms with Crippen molar-refractivity contribution in [3.05, 3.63) is 22.7 Å². The van der Waals surface area contributed by atoms with Crippen LogP contribution in [0.25, 0.3) is 0 Å². The van der Waals surface area contributed by atoms with E-state index in [4.69, 9.17) is 0 Å². The van der Waals surface area contributed by atoms with Crippen LogP contribution in [0.4, 0.5) is 0 Å². The molecule has 0 fully saturated rings. The van der Waals surface area contributed by atoms with Crippen molar-refractivity contribution in [3.63, 3.8) is 0 Å². The Morgan fingerprint density at radius 1 is 1.50 bits per heavy atom. The zero-order valence-corrected chi connectivity index (χ0v) is 6.31. The van der Waals surface area contributed by atoms with Crippen LogP contribution in [0.3, 0.4) is 0 Å². The quantitative estimate of drug-likeness (QED) is 0.544. The van der Waals surface area contributed by atoms with E-state index in [-0.39, 0.29) is 13.7 Å². The summed E-state index contributed by atoms with van der Waals surface area (Å²) in [6.07, 6.45) is 7.82. The Morgan fingerprint density at radius 3 is 2.50 bits per heavy atom. The van der Waals surface area contributed by atoms with E-state index >= 15 is 0 Å². The van der Waals surface area contributed by atoms with Gasteiger partial charge in [0.15, 0.2) is 0 Å². The molecule has 0 saturated heterocycles. The normalized spacial score (nSPS) is 18.8. The summed E-state index contributed by atoms with van der Waals surface area (Å²) in [6, 6.07) is 0. The molecular weight excluding hydrogens is 143 g/mol. The predicted octanol–water partition coefficient (Wildman–Crippen LogP) is 2.54. The molecule has 0 nitrogen and oxygen atoms in total. The topological polar surface area (TPSA) is 0 Å². The molecule has 0 N–H and O–H groups in total. The molecule has 0 aromatic rings. The van der Waals surface area contributed by atoms with Crippen molar-refractivity contribution in [3.8, 4) is 0 Å². The van der Waals surface area contributed by atoms with Gasteiger partial charge in [-0.2, -0.15) is 0 Å². The predicted molar refractivity (Wildman–Crippen MR) is 33.6 cm³/mol. The van der Waals surface area contributed by atoms with Crippen LogP contribution in [-0.2, 0) is 13.7 Å². The summed E-state index contributed by atoms with van der Waals surface area (Å²) in [5.74, 6) is 4.59. The molecular formula is C7H11Co. The van der Waals surface area contributed by atoms with E-state index in [2.05, 4.69) is 29.9 Å². The molecule has 0 heterocycles. The summed E-state index contributed by atoms with van der Waals surface area (Å²) in [5, 5.41) is 0. The molecule has 0 unspecified atom stereocenters. The monoisotopic (exact) mass is 154 g/mol. The second-order valence-electron chi connectivity index (χ2n) is 1.88. The van der Waals surface area contributed by atoms with Gasteiger partial charge in [-0.15, -0.1) is 0 Å². The van der Waals surface area contributed by atoms with Crippen LogP contribution in [0.5, 0.6) is 0 Å². The van der Waals surface area contributed by atoms with Crippen LogP contribution in [0, 0.1) is 0 Å². The Kier molecular flexibility index (Phi) is 1.92. The third-order valence-electron chi connectivity index (χ3n) is 1.14. The average molecular weight is 154 g/mol. The molecule has 1 rings (SSSR count). The van der Waals surface area contributed by atoms with Crippen molar-refractivity contribution in [2.75, 3.05) is 0 Å². The summed E-state index contributed by atoms with van der Waals surface area (Å²) in [6.45, 7) is 0. The van der Waals surface area contributed by atoms with E-state index < -0.39 is 0 Å². The van der Waals surface area contributed by atoms with Crippen molar-refractivity contribution in [1.29, 1.82) is 0 Å². The maximum absolute atomic E-state index is 2.30. The first-order valence-corrected chi connectivity index (χ1v) is 5.15. The van der Waals surface area contributed by atoms with E-state index in [0.717, 1.165) is 0 Å². The van der Waals surface area contributed by atoms with Gasteiger partial charge in [-0.1, -0.05) is 0 Å². The molecule has 48 valence electrons. The molecule has 0 aliphatic heterocycles. The molecule has 8 heavy (non-hydrogen) atoms. The summed E-state index contributed by atoms with van der Waals surface area (Å²) in [5.41, 5.74) is 0. The van der Waals surface area contributed by atoms with Crippen molar-refractivity contribution >= 4 is 0 Å². The fraction of sp³-hybridized carbons (Fsp3) is 0.429. The number of allylic oxidation sites excluding steroid dienone is 4. The molecule has 0 radical (unpaired) electrons. The van der Waals surface area contributed by atoms with Crippen LogP contribution in [0.15, 0.2) is 22.7 Å². The zero-order valence-electron chi connectivity index (χ0n) is 5.27. The van der Waals surface area contributed by atoms with Gasteiger partial charge in [0.1, 0.15) is 0 Å². The van der Waals surface area contributed by atoms with Gasteiger partial charge in [0.05, 0.1) is 0 Å². The fourth-order valence-corrected chi connectivity index (χ4v) is 1.65. The van der Waals surface area contributed by atoms with Crippen LogP contribution in [-0.4, -0.2) is 0 Å². The Labute approximate surface area is 55.0 Å². The molecule has 1 heteroatoms. The van der Waals surface area contributed by atoms with Crippen LogP contribution in [0.1, 0.15) is 6.42 Å². The van der Waals surface area contributed by atoms with Gasteiger partial charge in [-0.25, -0.2) is 0 Å². The minimum absolute atomic E-state index is 0.216. The molecule has 0 aromatic heterocycles. The van der Waals surface area contributed by atoms with E-state index in [1.807, 2.05) is 0 Å². The van der Waals surface area contributed by atoms with E-state index in [1.54, 1.807) is 4.51 Å². The summed E-state index contributed by atoms with van der Waals surface area (Å²) in [4.78, 5) is 0. The molecule has 1 aliphatic rings. The van der Waals surface area contributed by atoms with Gasteiger partial charge in [0.25, 0.3) is 0 Å². The van der Waals surface area contributed by atoms with Gasteiger partial charge in [-0.3, -0.25) is 0 Å². The third-order valence-corrected chi connectivity index (χ3v) is 2.86. The summed E-state index contributed by atoms with van der Waals surface area (Å²) < 4.78 is 1.62. The van der Waals surface area contributed by atoms with Gasteiger partial charge >= 0.3 is 54.5 Å². The molecule has 0 bridgehead atoms. The van der Waals surface area contributed by atoms with Gasteiger partial charge in [-0.05, 0) is 0 Å². The number of hydrogen-bond donors (Lipinski definition) is 0. The first-order chi connectivity index (χ1) is 3.80. The van der Waals surface area contributed by atoms with E-state index in [0.29, 0.717) is 0 Å². The second kappa shape index (κ2) is 2.51. The van der Waals surface area contributed by atoms with Gasteiger partial charge in [0, 0.05) is 0 Å². The van der Waals surface area contributed by atoms with Crippen LogP contribution < -0.4 is 0 Å². The summed E-state index contributed by atoms with van der Waals surface area (Å²) >= 11 is 0.216. The SMILES string of the molecule is [CH3][Co]([CH3])[C]1=CC=CC1. The third kappa shape index (κ3) is 1.23. The Morgan fingerprint density at radius 2 is 2.25 bits per heavy atom. The molecule has 0 aromatic carbocycles. The Bertz CT molecular complexity index is 131. The molecule has 1 aliphatic carbocycles. The van der Waals surface area contributed by atoms with Crippen molar-refractivity contribution in [2.45, 2.75) is 18.1 Å². The van der Waals surface area contributed by atoms with E-state index in [9.17, 15) is 0 Å². The van der Waals surface area contributed by atoms with Crippen molar-refractivity contribution in [2.24, 2.45) is 0 Å². The molecule has 0 spiro atoms. The maximum atomic E-state index is 2.30. The first-order valence-electron chi connectivity index (χ1n) is 2.55. The van der Waals surface area contributed by atoms with Crippen molar-refractivity contribution < 1.29 is 13.7 Å². The summed E-state index contributed by atoms with van der Waals surface area (Å²) in [7, 11) is 0. The Balaban J connectivity index is 2.51. The van der Waals surface area contributed by atoms with E-state index in [1.165, 1.54) is 6.42 Å². The van der Waals surface area contributed by atoms with Crippen LogP contribution in [0.2, 0.25) is 11.7 Å². The number of rotatable bonds is 1. The van der Waals surface area contributed by atoms with Crippen molar-refractivity contribution in [1.82, 2.24) is 0 Å². The number of hydrogen-bond acceptors (Lipinski definition) is 0. The Hall–Kier alpha value is -0.0135. The van der Waals surface area contributed by atoms with Crippen LogP contribution >= 0.6 is 0 Å². The molecule has 0 amide bonds. The second-order valence-corrected chi connectivity index (χ2v) is 4.63. The zero-order chi connectivity index (χ0) is 5.98. The first kappa shape index (κ1) is 6.11.